The smallest absolute Gasteiger partial charge is 0.119 e. The number of halogens is 1. The highest BCUT2D eigenvalue weighted by atomic mass is 79.9. The maximum absolute atomic E-state index is 4.24. The minimum atomic E-state index is 0.809. The van der Waals surface area contributed by atoms with E-state index in [0.717, 1.165) is 9.85 Å². The van der Waals surface area contributed by atoms with E-state index in [1.165, 1.54) is 37.0 Å². The van der Waals surface area contributed by atoms with Crippen molar-refractivity contribution in [1.29, 1.82) is 0 Å². The summed E-state index contributed by atoms with van der Waals surface area (Å²) in [5.74, 6) is 0. The SMILES string of the molecule is Brc1ncccc1SC1CCCCC1. The van der Waals surface area contributed by atoms with E-state index in [0.29, 0.717) is 0 Å². The zero-order valence-electron chi connectivity index (χ0n) is 8.08. The van der Waals surface area contributed by atoms with Crippen LogP contribution in [0.3, 0.4) is 0 Å². The van der Waals surface area contributed by atoms with Crippen molar-refractivity contribution in [3.63, 3.8) is 0 Å². The third kappa shape index (κ3) is 2.74. The Kier molecular flexibility index (Phi) is 3.88. The van der Waals surface area contributed by atoms with E-state index < -0.39 is 0 Å². The van der Waals surface area contributed by atoms with Crippen LogP contribution < -0.4 is 0 Å². The molecule has 1 aliphatic carbocycles. The molecule has 0 radical (unpaired) electrons. The molecule has 0 saturated heterocycles. The van der Waals surface area contributed by atoms with Gasteiger partial charge in [-0.3, -0.25) is 0 Å². The lowest BCUT2D eigenvalue weighted by Crippen LogP contribution is -2.07. The Bertz CT molecular complexity index is 297. The maximum atomic E-state index is 4.24. The monoisotopic (exact) mass is 271 g/mol. The van der Waals surface area contributed by atoms with Crippen LogP contribution in [0.4, 0.5) is 0 Å². The van der Waals surface area contributed by atoms with Crippen LogP contribution in [0.25, 0.3) is 0 Å². The molecule has 0 spiro atoms. The number of aromatic nitrogens is 1. The summed E-state index contributed by atoms with van der Waals surface area (Å²) in [4.78, 5) is 5.53. The number of pyridine rings is 1. The third-order valence-electron chi connectivity index (χ3n) is 2.57. The average Bonchev–Trinajstić information content (AvgIpc) is 2.23. The van der Waals surface area contributed by atoms with Crippen molar-refractivity contribution < 1.29 is 0 Å². The second kappa shape index (κ2) is 5.17. The Morgan fingerprint density at radius 2 is 2.07 bits per heavy atom. The molecule has 1 heterocycles. The van der Waals surface area contributed by atoms with Gasteiger partial charge in [0.25, 0.3) is 0 Å². The first-order valence-electron chi connectivity index (χ1n) is 5.13. The molecular formula is C11H14BrNS. The molecule has 0 aliphatic heterocycles. The quantitative estimate of drug-likeness (QED) is 0.746. The highest BCUT2D eigenvalue weighted by molar-refractivity contribution is 9.10. The summed E-state index contributed by atoms with van der Waals surface area (Å²) >= 11 is 5.47. The van der Waals surface area contributed by atoms with Gasteiger partial charge in [-0.15, -0.1) is 11.8 Å². The van der Waals surface area contributed by atoms with E-state index in [9.17, 15) is 0 Å². The van der Waals surface area contributed by atoms with Crippen LogP contribution in [0.2, 0.25) is 0 Å². The molecule has 14 heavy (non-hydrogen) atoms. The third-order valence-corrected chi connectivity index (χ3v) is 4.85. The van der Waals surface area contributed by atoms with Gasteiger partial charge in [-0.05, 0) is 40.9 Å². The lowest BCUT2D eigenvalue weighted by Gasteiger charge is -2.21. The number of rotatable bonds is 2. The first-order valence-corrected chi connectivity index (χ1v) is 6.81. The van der Waals surface area contributed by atoms with Crippen LogP contribution in [0, 0.1) is 0 Å². The fourth-order valence-electron chi connectivity index (χ4n) is 1.82. The van der Waals surface area contributed by atoms with E-state index in [1.807, 2.05) is 24.0 Å². The van der Waals surface area contributed by atoms with Crippen molar-refractivity contribution >= 4 is 27.7 Å². The fraction of sp³-hybridized carbons (Fsp3) is 0.545. The highest BCUT2D eigenvalue weighted by Crippen LogP contribution is 2.35. The summed E-state index contributed by atoms with van der Waals surface area (Å²) in [6, 6.07) is 4.16. The molecule has 2 rings (SSSR count). The molecule has 76 valence electrons. The molecule has 1 saturated carbocycles. The Morgan fingerprint density at radius 1 is 1.29 bits per heavy atom. The van der Waals surface area contributed by atoms with E-state index in [4.69, 9.17) is 0 Å². The van der Waals surface area contributed by atoms with Gasteiger partial charge in [0, 0.05) is 16.3 Å². The van der Waals surface area contributed by atoms with Gasteiger partial charge < -0.3 is 0 Å². The van der Waals surface area contributed by atoms with Crippen LogP contribution in [0.1, 0.15) is 32.1 Å². The van der Waals surface area contributed by atoms with Crippen LogP contribution in [0.5, 0.6) is 0 Å². The fourth-order valence-corrected chi connectivity index (χ4v) is 3.59. The van der Waals surface area contributed by atoms with Crippen LogP contribution in [-0.4, -0.2) is 10.2 Å². The second-order valence-electron chi connectivity index (χ2n) is 3.67. The summed E-state index contributed by atoms with van der Waals surface area (Å²) in [7, 11) is 0. The number of nitrogens with zero attached hydrogens (tertiary/aromatic N) is 1. The predicted molar refractivity (Wildman–Crippen MR) is 64.7 cm³/mol. The molecular weight excluding hydrogens is 258 g/mol. The summed E-state index contributed by atoms with van der Waals surface area (Å²) in [6.07, 6.45) is 8.78. The molecule has 1 aromatic heterocycles. The molecule has 0 unspecified atom stereocenters. The number of hydrogen-bond donors (Lipinski definition) is 0. The Morgan fingerprint density at radius 3 is 2.79 bits per heavy atom. The summed E-state index contributed by atoms with van der Waals surface area (Å²) < 4.78 is 0.996. The number of hydrogen-bond acceptors (Lipinski definition) is 2. The van der Waals surface area contributed by atoms with Crippen LogP contribution in [0.15, 0.2) is 27.8 Å². The lowest BCUT2D eigenvalue weighted by atomic mass is 10.0. The van der Waals surface area contributed by atoms with E-state index in [1.54, 1.807) is 0 Å². The predicted octanol–water partition coefficient (Wildman–Crippen LogP) is 4.27. The van der Waals surface area contributed by atoms with Gasteiger partial charge in [0.05, 0.1) is 0 Å². The average molecular weight is 272 g/mol. The second-order valence-corrected chi connectivity index (χ2v) is 5.76. The number of thioether (sulfide) groups is 1. The Hall–Kier alpha value is -0.0200. The van der Waals surface area contributed by atoms with E-state index in [-0.39, 0.29) is 0 Å². The molecule has 1 aliphatic rings. The molecule has 0 N–H and O–H groups in total. The van der Waals surface area contributed by atoms with Crippen molar-refractivity contribution in [2.45, 2.75) is 42.2 Å². The zero-order valence-corrected chi connectivity index (χ0v) is 10.5. The summed E-state index contributed by atoms with van der Waals surface area (Å²) in [5, 5.41) is 0.809. The Balaban J connectivity index is 1.99. The van der Waals surface area contributed by atoms with Gasteiger partial charge in [0.1, 0.15) is 4.60 Å². The lowest BCUT2D eigenvalue weighted by molar-refractivity contribution is 0.516. The van der Waals surface area contributed by atoms with Crippen molar-refractivity contribution in [3.8, 4) is 0 Å². The van der Waals surface area contributed by atoms with E-state index in [2.05, 4.69) is 27.0 Å². The normalized spacial score (nSPS) is 18.4. The molecule has 0 atom stereocenters. The van der Waals surface area contributed by atoms with Gasteiger partial charge in [-0.1, -0.05) is 19.3 Å². The maximum Gasteiger partial charge on any atom is 0.119 e. The molecule has 3 heteroatoms. The van der Waals surface area contributed by atoms with Crippen molar-refractivity contribution in [3.05, 3.63) is 22.9 Å². The van der Waals surface area contributed by atoms with Crippen molar-refractivity contribution in [1.82, 2.24) is 4.98 Å². The summed E-state index contributed by atoms with van der Waals surface area (Å²) in [5.41, 5.74) is 0. The Labute approximate surface area is 97.8 Å². The minimum absolute atomic E-state index is 0.809. The van der Waals surface area contributed by atoms with E-state index >= 15 is 0 Å². The van der Waals surface area contributed by atoms with Gasteiger partial charge in [-0.2, -0.15) is 0 Å². The molecule has 1 fully saturated rings. The molecule has 1 aromatic rings. The highest BCUT2D eigenvalue weighted by Gasteiger charge is 2.15. The van der Waals surface area contributed by atoms with Gasteiger partial charge in [0.15, 0.2) is 0 Å². The molecule has 0 amide bonds. The van der Waals surface area contributed by atoms with Gasteiger partial charge in [0.2, 0.25) is 0 Å². The van der Waals surface area contributed by atoms with Crippen molar-refractivity contribution in [2.24, 2.45) is 0 Å². The van der Waals surface area contributed by atoms with Gasteiger partial charge in [-0.25, -0.2) is 4.98 Å². The topological polar surface area (TPSA) is 12.9 Å². The van der Waals surface area contributed by atoms with Gasteiger partial charge >= 0.3 is 0 Å². The zero-order chi connectivity index (χ0) is 9.80. The van der Waals surface area contributed by atoms with Crippen LogP contribution in [-0.2, 0) is 0 Å². The van der Waals surface area contributed by atoms with Crippen molar-refractivity contribution in [2.75, 3.05) is 0 Å². The minimum Gasteiger partial charge on any atom is -0.248 e. The first-order chi connectivity index (χ1) is 6.86. The molecule has 1 nitrogen and oxygen atoms in total. The standard InChI is InChI=1S/C11H14BrNS/c12-11-10(7-4-8-13-11)14-9-5-2-1-3-6-9/h4,7-9H,1-3,5-6H2. The summed E-state index contributed by atoms with van der Waals surface area (Å²) in [6.45, 7) is 0. The first kappa shape index (κ1) is 10.5. The molecule has 0 aromatic carbocycles. The molecule has 0 bridgehead atoms. The largest absolute Gasteiger partial charge is 0.248 e. The van der Waals surface area contributed by atoms with Crippen LogP contribution >= 0.6 is 27.7 Å².